The van der Waals surface area contributed by atoms with Crippen molar-refractivity contribution in [2.24, 2.45) is 0 Å². The third-order valence-corrected chi connectivity index (χ3v) is 4.24. The van der Waals surface area contributed by atoms with Gasteiger partial charge in [-0.2, -0.15) is 0 Å². The summed E-state index contributed by atoms with van der Waals surface area (Å²) in [7, 11) is 0. The minimum absolute atomic E-state index is 0.187. The lowest BCUT2D eigenvalue weighted by Crippen LogP contribution is -2.30. The second kappa shape index (κ2) is 7.34. The highest BCUT2D eigenvalue weighted by atomic mass is 16.5. The number of anilines is 1. The molecule has 0 radical (unpaired) electrons. The Morgan fingerprint density at radius 1 is 1.16 bits per heavy atom. The number of aryl methyl sites for hydroxylation is 2. The van der Waals surface area contributed by atoms with Gasteiger partial charge in [-0.25, -0.2) is 0 Å². The molecule has 0 aliphatic carbocycles. The molecule has 1 amide bonds. The van der Waals surface area contributed by atoms with Crippen molar-refractivity contribution in [2.45, 2.75) is 33.3 Å². The van der Waals surface area contributed by atoms with Crippen LogP contribution in [0.2, 0.25) is 0 Å². The van der Waals surface area contributed by atoms with Gasteiger partial charge in [-0.15, -0.1) is 0 Å². The van der Waals surface area contributed by atoms with Gasteiger partial charge in [0.25, 0.3) is 5.91 Å². The Morgan fingerprint density at radius 2 is 1.92 bits per heavy atom. The predicted molar refractivity (Wildman–Crippen MR) is 101 cm³/mol. The van der Waals surface area contributed by atoms with Crippen LogP contribution in [-0.4, -0.2) is 17.0 Å². The lowest BCUT2D eigenvalue weighted by Gasteiger charge is -2.16. The van der Waals surface area contributed by atoms with E-state index in [0.29, 0.717) is 5.75 Å². The first kappa shape index (κ1) is 17.0. The summed E-state index contributed by atoms with van der Waals surface area (Å²) in [5.41, 5.74) is 3.96. The normalized spacial score (nSPS) is 12.0. The molecule has 0 aliphatic heterocycles. The van der Waals surface area contributed by atoms with Gasteiger partial charge in [0.2, 0.25) is 0 Å². The van der Waals surface area contributed by atoms with Gasteiger partial charge in [-0.3, -0.25) is 9.78 Å². The van der Waals surface area contributed by atoms with Crippen molar-refractivity contribution in [3.05, 3.63) is 65.9 Å². The van der Waals surface area contributed by atoms with Gasteiger partial charge >= 0.3 is 0 Å². The number of benzene rings is 2. The number of aromatic nitrogens is 1. The highest BCUT2D eigenvalue weighted by Gasteiger charge is 2.16. The maximum atomic E-state index is 12.5. The number of ether oxygens (including phenoxy) is 1. The topological polar surface area (TPSA) is 51.2 Å². The number of pyridine rings is 1. The molecule has 0 fully saturated rings. The first-order valence-corrected chi connectivity index (χ1v) is 8.49. The molecule has 25 heavy (non-hydrogen) atoms. The van der Waals surface area contributed by atoms with Gasteiger partial charge < -0.3 is 10.1 Å². The van der Waals surface area contributed by atoms with Gasteiger partial charge in [0, 0.05) is 11.6 Å². The van der Waals surface area contributed by atoms with E-state index in [2.05, 4.69) is 17.2 Å². The van der Waals surface area contributed by atoms with Crippen LogP contribution in [0.4, 0.5) is 5.69 Å². The van der Waals surface area contributed by atoms with Gasteiger partial charge in [-0.05, 0) is 61.7 Å². The fourth-order valence-electron chi connectivity index (χ4n) is 2.72. The zero-order chi connectivity index (χ0) is 17.8. The van der Waals surface area contributed by atoms with Gasteiger partial charge in [0.05, 0.1) is 11.2 Å². The third kappa shape index (κ3) is 3.79. The number of carbonyl (C=O) groups excluding carboxylic acids is 1. The first-order valence-electron chi connectivity index (χ1n) is 8.49. The lowest BCUT2D eigenvalue weighted by molar-refractivity contribution is -0.122. The molecule has 1 heterocycles. The molecule has 4 heteroatoms. The van der Waals surface area contributed by atoms with Crippen LogP contribution in [0.5, 0.6) is 5.75 Å². The van der Waals surface area contributed by atoms with Crippen LogP contribution in [0.15, 0.2) is 54.7 Å². The number of nitrogens with zero attached hydrogens (tertiary/aromatic N) is 1. The lowest BCUT2D eigenvalue weighted by atomic mass is 10.1. The van der Waals surface area contributed by atoms with E-state index in [0.717, 1.165) is 28.6 Å². The fourth-order valence-corrected chi connectivity index (χ4v) is 2.72. The first-order chi connectivity index (χ1) is 12.1. The van der Waals surface area contributed by atoms with E-state index in [1.165, 1.54) is 5.56 Å². The summed E-state index contributed by atoms with van der Waals surface area (Å²) >= 11 is 0. The summed E-state index contributed by atoms with van der Waals surface area (Å²) in [6.07, 6.45) is 2.14. The summed E-state index contributed by atoms with van der Waals surface area (Å²) in [6.45, 7) is 5.86. The van der Waals surface area contributed by atoms with E-state index >= 15 is 0 Å². The standard InChI is InChI=1S/C21H22N2O2/c1-4-16-8-10-17(11-9-16)25-15(3)21(24)23-19-12-7-14(2)20-18(19)6-5-13-22-20/h5-13,15H,4H2,1-3H3,(H,23,24). The van der Waals surface area contributed by atoms with Crippen LogP contribution < -0.4 is 10.1 Å². The molecule has 0 aliphatic rings. The van der Waals surface area contributed by atoms with E-state index in [1.54, 1.807) is 13.1 Å². The second-order valence-electron chi connectivity index (χ2n) is 6.08. The number of hydrogen-bond acceptors (Lipinski definition) is 3. The molecule has 1 N–H and O–H groups in total. The van der Waals surface area contributed by atoms with Crippen LogP contribution in [0.1, 0.15) is 25.0 Å². The van der Waals surface area contributed by atoms with Crippen molar-refractivity contribution in [2.75, 3.05) is 5.32 Å². The van der Waals surface area contributed by atoms with Crippen LogP contribution in [0.25, 0.3) is 10.9 Å². The molecule has 1 atom stereocenters. The Bertz CT molecular complexity index is 888. The number of fused-ring (bicyclic) bond motifs is 1. The van der Waals surface area contributed by atoms with Crippen molar-refractivity contribution in [3.8, 4) is 5.75 Å². The third-order valence-electron chi connectivity index (χ3n) is 4.24. The Kier molecular flexibility index (Phi) is 4.98. The molecule has 0 saturated heterocycles. The summed E-state index contributed by atoms with van der Waals surface area (Å²) in [4.78, 5) is 16.9. The average molecular weight is 334 g/mol. The minimum Gasteiger partial charge on any atom is -0.481 e. The van der Waals surface area contributed by atoms with Crippen molar-refractivity contribution in [3.63, 3.8) is 0 Å². The van der Waals surface area contributed by atoms with E-state index < -0.39 is 6.10 Å². The number of carbonyl (C=O) groups is 1. The predicted octanol–water partition coefficient (Wildman–Crippen LogP) is 4.51. The minimum atomic E-state index is -0.597. The molecule has 0 bridgehead atoms. The number of nitrogens with one attached hydrogen (secondary N) is 1. The molecule has 2 aromatic carbocycles. The van der Waals surface area contributed by atoms with E-state index in [9.17, 15) is 4.79 Å². The highest BCUT2D eigenvalue weighted by Crippen LogP contribution is 2.25. The van der Waals surface area contributed by atoms with Gasteiger partial charge in [-0.1, -0.05) is 25.1 Å². The SMILES string of the molecule is CCc1ccc(OC(C)C(=O)Nc2ccc(C)c3ncccc23)cc1. The van der Waals surface area contributed by atoms with Gasteiger partial charge in [0.1, 0.15) is 5.75 Å². The van der Waals surface area contributed by atoms with Crippen LogP contribution in [0, 0.1) is 6.92 Å². The molecular formula is C21H22N2O2. The Labute approximate surface area is 147 Å². The molecule has 1 unspecified atom stereocenters. The Morgan fingerprint density at radius 3 is 2.64 bits per heavy atom. The molecular weight excluding hydrogens is 312 g/mol. The summed E-state index contributed by atoms with van der Waals surface area (Å²) in [5.74, 6) is 0.504. The van der Waals surface area contributed by atoms with E-state index in [4.69, 9.17) is 4.74 Å². The van der Waals surface area contributed by atoms with Crippen molar-refractivity contribution in [1.29, 1.82) is 0 Å². The van der Waals surface area contributed by atoms with E-state index in [1.807, 2.05) is 55.5 Å². The molecule has 128 valence electrons. The second-order valence-corrected chi connectivity index (χ2v) is 6.08. The molecule has 3 rings (SSSR count). The fraction of sp³-hybridized carbons (Fsp3) is 0.238. The maximum Gasteiger partial charge on any atom is 0.265 e. The van der Waals surface area contributed by atoms with Gasteiger partial charge in [0.15, 0.2) is 6.10 Å². The monoisotopic (exact) mass is 334 g/mol. The highest BCUT2D eigenvalue weighted by molar-refractivity contribution is 6.03. The van der Waals surface area contributed by atoms with Crippen molar-refractivity contribution < 1.29 is 9.53 Å². The zero-order valence-corrected chi connectivity index (χ0v) is 14.7. The molecule has 0 spiro atoms. The van der Waals surface area contributed by atoms with E-state index in [-0.39, 0.29) is 5.91 Å². The molecule has 1 aromatic heterocycles. The average Bonchev–Trinajstić information content (AvgIpc) is 2.64. The van der Waals surface area contributed by atoms with Crippen LogP contribution >= 0.6 is 0 Å². The largest absolute Gasteiger partial charge is 0.481 e. The number of hydrogen-bond donors (Lipinski definition) is 1. The summed E-state index contributed by atoms with van der Waals surface area (Å²) in [5, 5.41) is 3.88. The smallest absolute Gasteiger partial charge is 0.265 e. The number of rotatable bonds is 5. The number of amides is 1. The quantitative estimate of drug-likeness (QED) is 0.747. The Hall–Kier alpha value is -2.88. The zero-order valence-electron chi connectivity index (χ0n) is 14.7. The van der Waals surface area contributed by atoms with Crippen molar-refractivity contribution in [1.82, 2.24) is 4.98 Å². The molecule has 3 aromatic rings. The summed E-state index contributed by atoms with van der Waals surface area (Å²) in [6, 6.07) is 15.5. The van der Waals surface area contributed by atoms with Crippen LogP contribution in [0.3, 0.4) is 0 Å². The summed E-state index contributed by atoms with van der Waals surface area (Å²) < 4.78 is 5.76. The maximum absolute atomic E-state index is 12.5. The molecule has 0 saturated carbocycles. The Balaban J connectivity index is 1.74. The van der Waals surface area contributed by atoms with Crippen molar-refractivity contribution >= 4 is 22.5 Å². The molecule has 4 nitrogen and oxygen atoms in total. The van der Waals surface area contributed by atoms with Crippen LogP contribution in [-0.2, 0) is 11.2 Å².